The largest absolute Gasteiger partial charge is 0.340 e. The fourth-order valence-corrected chi connectivity index (χ4v) is 5.73. The predicted octanol–water partition coefficient (Wildman–Crippen LogP) is 5.70. The Morgan fingerprint density at radius 1 is 0.938 bits per heavy atom. The maximum Gasteiger partial charge on any atom is 0.222 e. The molecule has 3 aromatic rings. The van der Waals surface area contributed by atoms with E-state index in [2.05, 4.69) is 34.7 Å². The SMILES string of the molecule is N#CC1(C#N)[C@@H](c2cccc(I)c2)[C@@H](C(=O)c2ccccc2)[C@H]2c3ccccc3C=CN21. The van der Waals surface area contributed by atoms with Crippen molar-refractivity contribution in [1.29, 1.82) is 10.5 Å². The number of carbonyl (C=O) groups excluding carboxylic acids is 1. The third kappa shape index (κ3) is 2.97. The van der Waals surface area contributed by atoms with Gasteiger partial charge >= 0.3 is 0 Å². The first-order valence-corrected chi connectivity index (χ1v) is 11.4. The first-order chi connectivity index (χ1) is 15.6. The highest BCUT2D eigenvalue weighted by atomic mass is 127. The Bertz CT molecular complexity index is 1300. The maximum absolute atomic E-state index is 14.0. The molecule has 0 saturated carbocycles. The van der Waals surface area contributed by atoms with Crippen molar-refractivity contribution in [2.24, 2.45) is 5.92 Å². The summed E-state index contributed by atoms with van der Waals surface area (Å²) in [4.78, 5) is 15.8. The van der Waals surface area contributed by atoms with Crippen LogP contribution in [0, 0.1) is 32.2 Å². The average molecular weight is 527 g/mol. The Kier molecular flexibility index (Phi) is 5.07. The van der Waals surface area contributed by atoms with Crippen LogP contribution < -0.4 is 0 Å². The van der Waals surface area contributed by atoms with Gasteiger partial charge in [0.15, 0.2) is 5.78 Å². The normalized spacial score (nSPS) is 22.3. The van der Waals surface area contributed by atoms with E-state index in [4.69, 9.17) is 0 Å². The lowest BCUT2D eigenvalue weighted by molar-refractivity contribution is 0.0884. The number of carbonyl (C=O) groups is 1. The van der Waals surface area contributed by atoms with Gasteiger partial charge in [0.05, 0.1) is 12.0 Å². The molecule has 3 aromatic carbocycles. The predicted molar refractivity (Wildman–Crippen MR) is 130 cm³/mol. The van der Waals surface area contributed by atoms with Crippen LogP contribution in [0.4, 0.5) is 0 Å². The van der Waals surface area contributed by atoms with Gasteiger partial charge in [0.1, 0.15) is 12.1 Å². The molecule has 2 heterocycles. The molecule has 0 radical (unpaired) electrons. The molecule has 3 atom stereocenters. The molecule has 0 N–H and O–H groups in total. The number of benzene rings is 3. The number of fused-ring (bicyclic) bond motifs is 3. The quantitative estimate of drug-likeness (QED) is 0.324. The molecule has 2 aliphatic rings. The topological polar surface area (TPSA) is 67.9 Å². The van der Waals surface area contributed by atoms with Crippen LogP contribution in [0.2, 0.25) is 0 Å². The van der Waals surface area contributed by atoms with Gasteiger partial charge in [-0.1, -0.05) is 66.7 Å². The number of hydrogen-bond donors (Lipinski definition) is 0. The standard InChI is InChI=1S/C27H18IN3O/c28-21-11-6-10-20(15-21)24-23(26(32)19-8-2-1-3-9-19)25-22-12-5-4-7-18(22)13-14-31(25)27(24,16-29)17-30/h1-15,23-25H/t23-,24+,25-/m1/s1. The number of nitrogens with zero attached hydrogens (tertiary/aromatic N) is 3. The monoisotopic (exact) mass is 527 g/mol. The third-order valence-corrected chi connectivity index (χ3v) is 7.17. The Labute approximate surface area is 200 Å². The van der Waals surface area contributed by atoms with Gasteiger partial charge in [0.25, 0.3) is 0 Å². The highest BCUT2D eigenvalue weighted by molar-refractivity contribution is 14.1. The molecule has 2 aliphatic heterocycles. The molecule has 32 heavy (non-hydrogen) atoms. The van der Waals surface area contributed by atoms with Gasteiger partial charge in [0, 0.05) is 21.3 Å². The van der Waals surface area contributed by atoms with Crippen molar-refractivity contribution < 1.29 is 4.79 Å². The van der Waals surface area contributed by atoms with Crippen LogP contribution in [0.3, 0.4) is 0 Å². The van der Waals surface area contributed by atoms with E-state index in [0.717, 1.165) is 20.3 Å². The fourth-order valence-electron chi connectivity index (χ4n) is 5.16. The van der Waals surface area contributed by atoms with E-state index in [-0.39, 0.29) is 5.78 Å². The van der Waals surface area contributed by atoms with Gasteiger partial charge in [-0.3, -0.25) is 4.79 Å². The van der Waals surface area contributed by atoms with Gasteiger partial charge in [-0.15, -0.1) is 0 Å². The van der Waals surface area contributed by atoms with E-state index in [1.807, 2.05) is 96.0 Å². The molecule has 154 valence electrons. The fraction of sp³-hybridized carbons (Fsp3) is 0.148. The second-order valence-corrected chi connectivity index (χ2v) is 9.32. The second-order valence-electron chi connectivity index (χ2n) is 8.08. The van der Waals surface area contributed by atoms with Crippen LogP contribution in [-0.2, 0) is 0 Å². The Morgan fingerprint density at radius 2 is 1.66 bits per heavy atom. The Balaban J connectivity index is 1.80. The van der Waals surface area contributed by atoms with Gasteiger partial charge < -0.3 is 4.90 Å². The number of Topliss-reactive ketones (excluding diaryl/α,β-unsaturated/α-hetero) is 1. The first-order valence-electron chi connectivity index (χ1n) is 10.3. The van der Waals surface area contributed by atoms with Gasteiger partial charge in [0.2, 0.25) is 5.54 Å². The van der Waals surface area contributed by atoms with Crippen molar-refractivity contribution in [2.75, 3.05) is 0 Å². The number of ketones is 1. The second kappa shape index (κ2) is 7.93. The van der Waals surface area contributed by atoms with Crippen molar-refractivity contribution in [3.63, 3.8) is 0 Å². The van der Waals surface area contributed by atoms with Crippen LogP contribution in [0.25, 0.3) is 6.08 Å². The summed E-state index contributed by atoms with van der Waals surface area (Å²) in [7, 11) is 0. The van der Waals surface area contributed by atoms with E-state index in [0.29, 0.717) is 5.56 Å². The number of nitriles is 2. The van der Waals surface area contributed by atoms with Crippen molar-refractivity contribution in [3.05, 3.63) is 111 Å². The van der Waals surface area contributed by atoms with Crippen LogP contribution in [-0.4, -0.2) is 16.2 Å². The lowest BCUT2D eigenvalue weighted by Gasteiger charge is -2.35. The molecule has 0 aliphatic carbocycles. The molecule has 0 bridgehead atoms. The van der Waals surface area contributed by atoms with Crippen molar-refractivity contribution >= 4 is 34.5 Å². The van der Waals surface area contributed by atoms with Crippen molar-refractivity contribution in [1.82, 2.24) is 4.90 Å². The third-order valence-electron chi connectivity index (χ3n) is 6.50. The first kappa shape index (κ1) is 20.5. The molecule has 0 aromatic heterocycles. The molecule has 0 amide bonds. The summed E-state index contributed by atoms with van der Waals surface area (Å²) in [5.74, 6) is -1.26. The van der Waals surface area contributed by atoms with Gasteiger partial charge in [-0.2, -0.15) is 10.5 Å². The van der Waals surface area contributed by atoms with Crippen LogP contribution in [0.15, 0.2) is 85.1 Å². The molecule has 1 fully saturated rings. The number of hydrogen-bond acceptors (Lipinski definition) is 4. The summed E-state index contributed by atoms with van der Waals surface area (Å²) < 4.78 is 0.997. The van der Waals surface area contributed by atoms with Gasteiger partial charge in [-0.05, 0) is 57.5 Å². The number of rotatable bonds is 3. The molecular formula is C27H18IN3O. The summed E-state index contributed by atoms with van der Waals surface area (Å²) in [5, 5.41) is 20.8. The van der Waals surface area contributed by atoms with E-state index in [1.54, 1.807) is 0 Å². The molecular weight excluding hydrogens is 509 g/mol. The Hall–Kier alpha value is -3.42. The average Bonchev–Trinajstić information content (AvgIpc) is 3.15. The zero-order valence-electron chi connectivity index (χ0n) is 17.0. The lowest BCUT2D eigenvalue weighted by Crippen LogP contribution is -2.43. The summed E-state index contributed by atoms with van der Waals surface area (Å²) >= 11 is 2.23. The van der Waals surface area contributed by atoms with Crippen molar-refractivity contribution in [3.8, 4) is 12.1 Å². The molecule has 5 heteroatoms. The smallest absolute Gasteiger partial charge is 0.222 e. The highest BCUT2D eigenvalue weighted by Crippen LogP contribution is 2.58. The van der Waals surface area contributed by atoms with Crippen molar-refractivity contribution in [2.45, 2.75) is 17.5 Å². The minimum atomic E-state index is -1.51. The Morgan fingerprint density at radius 3 is 2.38 bits per heavy atom. The zero-order valence-corrected chi connectivity index (χ0v) is 19.2. The molecule has 4 nitrogen and oxygen atoms in total. The minimum absolute atomic E-state index is 0.0538. The maximum atomic E-state index is 14.0. The van der Waals surface area contributed by atoms with E-state index < -0.39 is 23.4 Å². The molecule has 1 saturated heterocycles. The summed E-state index contributed by atoms with van der Waals surface area (Å²) in [6.07, 6.45) is 3.75. The van der Waals surface area contributed by atoms with E-state index in [1.165, 1.54) is 0 Å². The van der Waals surface area contributed by atoms with Crippen LogP contribution in [0.1, 0.15) is 39.0 Å². The molecule has 0 unspecified atom stereocenters. The summed E-state index contributed by atoms with van der Waals surface area (Å²) in [6, 6.07) is 29.1. The van der Waals surface area contributed by atoms with Crippen LogP contribution in [0.5, 0.6) is 0 Å². The van der Waals surface area contributed by atoms with E-state index >= 15 is 0 Å². The van der Waals surface area contributed by atoms with E-state index in [9.17, 15) is 15.3 Å². The summed E-state index contributed by atoms with van der Waals surface area (Å²) in [6.45, 7) is 0. The van der Waals surface area contributed by atoms with Crippen LogP contribution >= 0.6 is 22.6 Å². The zero-order chi connectivity index (χ0) is 22.3. The molecule has 5 rings (SSSR count). The minimum Gasteiger partial charge on any atom is -0.340 e. The number of halogens is 1. The molecule has 0 spiro atoms. The van der Waals surface area contributed by atoms with Gasteiger partial charge in [-0.25, -0.2) is 0 Å². The summed E-state index contributed by atoms with van der Waals surface area (Å²) in [5.41, 5.74) is 1.88. The lowest BCUT2D eigenvalue weighted by atomic mass is 9.72. The highest BCUT2D eigenvalue weighted by Gasteiger charge is 2.63.